The number of carbonyl (C=O) groups is 2. The van der Waals surface area contributed by atoms with Crippen LogP contribution in [0, 0.1) is 0 Å². The number of carbonyl (C=O) groups excluding carboxylic acids is 2. The molecule has 1 aromatic carbocycles. The molecule has 34 heavy (non-hydrogen) atoms. The van der Waals surface area contributed by atoms with Crippen LogP contribution >= 0.6 is 34.4 Å². The molecule has 1 amide bonds. The molecule has 0 spiro atoms. The van der Waals surface area contributed by atoms with Crippen LogP contribution in [0.3, 0.4) is 0 Å². The molecule has 1 atom stereocenters. The molecule has 0 radical (unpaired) electrons. The highest BCUT2D eigenvalue weighted by atomic mass is 32.2. The van der Waals surface area contributed by atoms with E-state index < -0.39 is 11.7 Å². The number of ketones is 1. The zero-order chi connectivity index (χ0) is 23.9. The van der Waals surface area contributed by atoms with Gasteiger partial charge in [0.25, 0.3) is 0 Å². The number of alkyl halides is 3. The Morgan fingerprint density at radius 3 is 2.74 bits per heavy atom. The molecule has 0 saturated heterocycles. The zero-order valence-corrected chi connectivity index (χ0v) is 20.1. The second-order valence-electron chi connectivity index (χ2n) is 7.98. The van der Waals surface area contributed by atoms with Gasteiger partial charge in [-0.3, -0.25) is 14.5 Å². The van der Waals surface area contributed by atoms with Gasteiger partial charge in [-0.05, 0) is 35.9 Å². The summed E-state index contributed by atoms with van der Waals surface area (Å²) in [4.78, 5) is 28.6. The van der Waals surface area contributed by atoms with Gasteiger partial charge in [-0.1, -0.05) is 47.4 Å². The molecule has 3 aromatic rings. The molecule has 2 aliphatic rings. The first-order valence-corrected chi connectivity index (χ1v) is 13.2. The fourth-order valence-electron chi connectivity index (χ4n) is 4.28. The quantitative estimate of drug-likeness (QED) is 0.286. The molecule has 1 aliphatic heterocycles. The number of allylic oxidation sites excluding steroid dienone is 2. The van der Waals surface area contributed by atoms with Crippen LogP contribution in [0.15, 0.2) is 57.4 Å². The number of amides is 1. The Bertz CT molecular complexity index is 1270. The lowest BCUT2D eigenvalue weighted by Gasteiger charge is -2.36. The lowest BCUT2D eigenvalue weighted by atomic mass is 9.80. The van der Waals surface area contributed by atoms with Gasteiger partial charge in [0.05, 0.1) is 5.56 Å². The van der Waals surface area contributed by atoms with Crippen molar-refractivity contribution in [3.63, 3.8) is 0 Å². The predicted molar refractivity (Wildman–Crippen MR) is 126 cm³/mol. The smallest absolute Gasteiger partial charge is 0.294 e. The van der Waals surface area contributed by atoms with Crippen LogP contribution in [0.5, 0.6) is 0 Å². The summed E-state index contributed by atoms with van der Waals surface area (Å²) in [7, 11) is 0. The molecule has 1 aliphatic carbocycles. The number of aromatic nitrogens is 2. The van der Waals surface area contributed by atoms with Crippen molar-refractivity contribution in [1.82, 2.24) is 10.2 Å². The van der Waals surface area contributed by atoms with E-state index in [-0.39, 0.29) is 24.0 Å². The maximum atomic E-state index is 13.2. The van der Waals surface area contributed by atoms with Crippen LogP contribution in [0.25, 0.3) is 0 Å². The molecule has 2 aromatic heterocycles. The van der Waals surface area contributed by atoms with Gasteiger partial charge in [0, 0.05) is 40.7 Å². The topological polar surface area (TPSA) is 63.2 Å². The summed E-state index contributed by atoms with van der Waals surface area (Å²) in [6.07, 6.45) is -2.45. The van der Waals surface area contributed by atoms with Crippen LogP contribution in [-0.4, -0.2) is 21.9 Å². The van der Waals surface area contributed by atoms with E-state index in [0.717, 1.165) is 17.0 Å². The van der Waals surface area contributed by atoms with E-state index in [2.05, 4.69) is 10.2 Å². The first-order chi connectivity index (χ1) is 16.3. The SMILES string of the molecule is O=C1CCCC2=C1[C@H](c1cccs1)CC(=O)N2c1nnc(SCc2cccc(C(F)(F)F)c2)s1. The van der Waals surface area contributed by atoms with Crippen molar-refractivity contribution in [2.75, 3.05) is 4.90 Å². The normalized spacial score (nSPS) is 19.0. The van der Waals surface area contributed by atoms with E-state index in [4.69, 9.17) is 0 Å². The standard InChI is InChI=1S/C23H18F3N3O2S3/c24-23(25,26)14-5-1-4-13(10-14)12-33-22-28-27-21(34-22)29-16-6-2-7-17(30)20(16)15(11-19(29)31)18-8-3-9-32-18/h1,3-5,8-10,15H,2,6-7,11-12H2/t15-/m0/s1. The number of thioether (sulfide) groups is 1. The van der Waals surface area contributed by atoms with Gasteiger partial charge in [0.1, 0.15) is 0 Å². The third kappa shape index (κ3) is 4.56. The minimum absolute atomic E-state index is 0.0702. The maximum Gasteiger partial charge on any atom is 0.416 e. The molecule has 5 nitrogen and oxygen atoms in total. The van der Waals surface area contributed by atoms with Crippen molar-refractivity contribution < 1.29 is 22.8 Å². The Kier molecular flexibility index (Phi) is 6.34. The Morgan fingerprint density at radius 2 is 1.97 bits per heavy atom. The number of hydrogen-bond acceptors (Lipinski definition) is 7. The molecule has 5 rings (SSSR count). The summed E-state index contributed by atoms with van der Waals surface area (Å²) in [5.74, 6) is 0.00630. The van der Waals surface area contributed by atoms with Crippen LogP contribution in [0.2, 0.25) is 0 Å². The van der Waals surface area contributed by atoms with Crippen LogP contribution < -0.4 is 4.90 Å². The molecular formula is C23H18F3N3O2S3. The highest BCUT2D eigenvalue weighted by molar-refractivity contribution is 8.00. The summed E-state index contributed by atoms with van der Waals surface area (Å²) in [6, 6.07) is 9.06. The largest absolute Gasteiger partial charge is 0.416 e. The third-order valence-electron chi connectivity index (χ3n) is 5.77. The molecule has 0 unspecified atom stereocenters. The van der Waals surface area contributed by atoms with Gasteiger partial charge in [-0.25, -0.2) is 0 Å². The highest BCUT2D eigenvalue weighted by Crippen LogP contribution is 2.45. The van der Waals surface area contributed by atoms with E-state index in [0.29, 0.717) is 51.3 Å². The molecule has 11 heteroatoms. The second kappa shape index (κ2) is 9.27. The van der Waals surface area contributed by atoms with Gasteiger partial charge in [-0.15, -0.1) is 21.5 Å². The van der Waals surface area contributed by atoms with Crippen LogP contribution in [0.4, 0.5) is 18.3 Å². The van der Waals surface area contributed by atoms with Crippen molar-refractivity contribution in [1.29, 1.82) is 0 Å². The number of halogens is 3. The van der Waals surface area contributed by atoms with E-state index >= 15 is 0 Å². The summed E-state index contributed by atoms with van der Waals surface area (Å²) in [6.45, 7) is 0. The van der Waals surface area contributed by atoms with Gasteiger partial charge in [0.2, 0.25) is 11.0 Å². The predicted octanol–water partition coefficient (Wildman–Crippen LogP) is 6.44. The fourth-order valence-corrected chi connectivity index (χ4v) is 6.95. The van der Waals surface area contributed by atoms with Crippen molar-refractivity contribution in [2.24, 2.45) is 0 Å². The fraction of sp³-hybridized carbons (Fsp3) is 0.304. The van der Waals surface area contributed by atoms with Gasteiger partial charge < -0.3 is 0 Å². The number of Topliss-reactive ketones (excluding diaryl/α,β-unsaturated/α-hetero) is 1. The van der Waals surface area contributed by atoms with Gasteiger partial charge in [-0.2, -0.15) is 13.2 Å². The molecule has 0 saturated carbocycles. The maximum absolute atomic E-state index is 13.2. The van der Waals surface area contributed by atoms with Crippen LogP contribution in [0.1, 0.15) is 47.6 Å². The number of hydrogen-bond donors (Lipinski definition) is 0. The highest BCUT2D eigenvalue weighted by Gasteiger charge is 2.41. The average molecular weight is 522 g/mol. The molecular weight excluding hydrogens is 503 g/mol. The first kappa shape index (κ1) is 23.3. The average Bonchev–Trinajstić information content (AvgIpc) is 3.49. The Labute approximate surface area is 205 Å². The summed E-state index contributed by atoms with van der Waals surface area (Å²) in [5.41, 5.74) is 1.23. The Morgan fingerprint density at radius 1 is 1.12 bits per heavy atom. The first-order valence-electron chi connectivity index (χ1n) is 10.6. The number of anilines is 1. The minimum atomic E-state index is -4.39. The van der Waals surface area contributed by atoms with E-state index in [9.17, 15) is 22.8 Å². The lowest BCUT2D eigenvalue weighted by molar-refractivity contribution is -0.137. The summed E-state index contributed by atoms with van der Waals surface area (Å²) in [5, 5.41) is 10.7. The van der Waals surface area contributed by atoms with Crippen LogP contribution in [-0.2, 0) is 21.5 Å². The van der Waals surface area contributed by atoms with Crippen molar-refractivity contribution in [3.8, 4) is 0 Å². The number of thiophene rings is 1. The zero-order valence-electron chi connectivity index (χ0n) is 17.7. The van der Waals surface area contributed by atoms with Crippen molar-refractivity contribution >= 4 is 51.3 Å². The molecule has 0 bridgehead atoms. The monoisotopic (exact) mass is 521 g/mol. The number of rotatable bonds is 5. The van der Waals surface area contributed by atoms with Crippen molar-refractivity contribution in [3.05, 3.63) is 69.1 Å². The lowest BCUT2D eigenvalue weighted by Crippen LogP contribution is -2.40. The van der Waals surface area contributed by atoms with Gasteiger partial charge in [0.15, 0.2) is 10.1 Å². The molecule has 0 fully saturated rings. The Hall–Kier alpha value is -2.50. The van der Waals surface area contributed by atoms with E-state index in [1.807, 2.05) is 17.5 Å². The number of benzene rings is 1. The van der Waals surface area contributed by atoms with E-state index in [1.165, 1.54) is 34.1 Å². The van der Waals surface area contributed by atoms with Crippen molar-refractivity contribution in [2.45, 2.75) is 47.9 Å². The Balaban J connectivity index is 1.39. The summed E-state index contributed by atoms with van der Waals surface area (Å²) >= 11 is 4.02. The summed E-state index contributed by atoms with van der Waals surface area (Å²) < 4.78 is 39.4. The second-order valence-corrected chi connectivity index (χ2v) is 11.1. The molecule has 3 heterocycles. The molecule has 0 N–H and O–H groups in total. The third-order valence-corrected chi connectivity index (χ3v) is 8.86. The minimum Gasteiger partial charge on any atom is -0.294 e. The number of nitrogens with zero attached hydrogens (tertiary/aromatic N) is 3. The molecule has 176 valence electrons. The van der Waals surface area contributed by atoms with E-state index in [1.54, 1.807) is 17.4 Å². The van der Waals surface area contributed by atoms with Gasteiger partial charge >= 0.3 is 6.18 Å².